The van der Waals surface area contributed by atoms with Gasteiger partial charge in [-0.15, -0.1) is 0 Å². The van der Waals surface area contributed by atoms with Crippen LogP contribution in [0.1, 0.15) is 26.2 Å². The predicted molar refractivity (Wildman–Crippen MR) is 45.8 cm³/mol. The molecule has 1 atom stereocenters. The fraction of sp³-hybridized carbons (Fsp3) is 0.875. The number of amides is 2. The molecule has 1 heterocycles. The summed E-state index contributed by atoms with van der Waals surface area (Å²) in [6.07, 6.45) is 2.86. The van der Waals surface area contributed by atoms with Crippen molar-refractivity contribution in [3.8, 4) is 0 Å². The van der Waals surface area contributed by atoms with Crippen LogP contribution in [-0.4, -0.2) is 25.4 Å². The van der Waals surface area contributed by atoms with Crippen molar-refractivity contribution >= 4 is 6.03 Å². The Morgan fingerprint density at radius 1 is 1.67 bits per heavy atom. The molecular formula is C8H16N2O2. The Hall–Kier alpha value is -0.770. The molecule has 0 aromatic carbocycles. The van der Waals surface area contributed by atoms with Gasteiger partial charge in [-0.3, -0.25) is 0 Å². The Balaban J connectivity index is 2.08. The molecule has 1 saturated heterocycles. The van der Waals surface area contributed by atoms with Gasteiger partial charge in [-0.25, -0.2) is 4.79 Å². The quantitative estimate of drug-likeness (QED) is 0.662. The molecule has 0 aliphatic carbocycles. The minimum atomic E-state index is -0.122. The van der Waals surface area contributed by atoms with Crippen LogP contribution in [0.4, 0.5) is 4.79 Å². The number of ether oxygens (including phenoxy) is 1. The third kappa shape index (κ3) is 3.09. The lowest BCUT2D eigenvalue weighted by molar-refractivity contribution is 0.0907. The molecule has 4 nitrogen and oxygen atoms in total. The van der Waals surface area contributed by atoms with Crippen molar-refractivity contribution in [3.05, 3.63) is 0 Å². The molecule has 0 aromatic heterocycles. The monoisotopic (exact) mass is 172 g/mol. The second kappa shape index (κ2) is 4.98. The number of nitrogens with one attached hydrogen (secondary N) is 2. The van der Waals surface area contributed by atoms with Gasteiger partial charge in [-0.1, -0.05) is 6.92 Å². The highest BCUT2D eigenvalue weighted by Crippen LogP contribution is 2.08. The van der Waals surface area contributed by atoms with Gasteiger partial charge in [-0.2, -0.15) is 0 Å². The van der Waals surface area contributed by atoms with Gasteiger partial charge in [0.15, 0.2) is 0 Å². The lowest BCUT2D eigenvalue weighted by Gasteiger charge is -2.11. The maximum absolute atomic E-state index is 11.1. The Morgan fingerprint density at radius 3 is 3.08 bits per heavy atom. The van der Waals surface area contributed by atoms with Crippen molar-refractivity contribution in [2.45, 2.75) is 32.4 Å². The zero-order chi connectivity index (χ0) is 8.81. The molecule has 0 radical (unpaired) electrons. The third-order valence-corrected chi connectivity index (χ3v) is 1.76. The van der Waals surface area contributed by atoms with Crippen LogP contribution in [0.15, 0.2) is 0 Å². The number of rotatable bonds is 3. The summed E-state index contributed by atoms with van der Waals surface area (Å²) in [5.74, 6) is 0. The number of carbonyl (C=O) groups excluding carboxylic acids is 1. The van der Waals surface area contributed by atoms with Crippen molar-refractivity contribution in [3.63, 3.8) is 0 Å². The van der Waals surface area contributed by atoms with Crippen LogP contribution < -0.4 is 10.6 Å². The standard InChI is InChI=1S/C8H16N2O2/c1-2-5-9-8(11)10-7-4-3-6-12-7/h7H,2-6H2,1H3,(H2,9,10,11). The van der Waals surface area contributed by atoms with Crippen LogP contribution >= 0.6 is 0 Å². The van der Waals surface area contributed by atoms with E-state index in [2.05, 4.69) is 10.6 Å². The number of carbonyl (C=O) groups is 1. The van der Waals surface area contributed by atoms with E-state index in [0.29, 0.717) is 0 Å². The summed E-state index contributed by atoms with van der Waals surface area (Å²) in [6.45, 7) is 3.50. The van der Waals surface area contributed by atoms with Crippen LogP contribution in [0.3, 0.4) is 0 Å². The van der Waals surface area contributed by atoms with Crippen molar-refractivity contribution in [1.82, 2.24) is 10.6 Å². The molecule has 2 amide bonds. The molecule has 1 aliphatic heterocycles. The van der Waals surface area contributed by atoms with E-state index in [1.165, 1.54) is 0 Å². The maximum Gasteiger partial charge on any atom is 0.316 e. The molecule has 12 heavy (non-hydrogen) atoms. The largest absolute Gasteiger partial charge is 0.358 e. The molecule has 4 heteroatoms. The van der Waals surface area contributed by atoms with Crippen molar-refractivity contribution < 1.29 is 9.53 Å². The first-order valence-electron chi connectivity index (χ1n) is 4.49. The van der Waals surface area contributed by atoms with Gasteiger partial charge in [0.2, 0.25) is 0 Å². The number of hydrogen-bond acceptors (Lipinski definition) is 2. The van der Waals surface area contributed by atoms with Crippen LogP contribution in [0.5, 0.6) is 0 Å². The van der Waals surface area contributed by atoms with Crippen molar-refractivity contribution in [1.29, 1.82) is 0 Å². The molecule has 1 rings (SSSR count). The third-order valence-electron chi connectivity index (χ3n) is 1.76. The summed E-state index contributed by atoms with van der Waals surface area (Å²) >= 11 is 0. The molecule has 0 saturated carbocycles. The van der Waals surface area contributed by atoms with Gasteiger partial charge in [0.1, 0.15) is 6.23 Å². The summed E-state index contributed by atoms with van der Waals surface area (Å²) in [6, 6.07) is -0.122. The summed E-state index contributed by atoms with van der Waals surface area (Å²) in [4.78, 5) is 11.1. The molecule has 1 unspecified atom stereocenters. The van der Waals surface area contributed by atoms with E-state index in [0.717, 1.165) is 32.4 Å². The zero-order valence-electron chi connectivity index (χ0n) is 7.43. The van der Waals surface area contributed by atoms with Gasteiger partial charge < -0.3 is 15.4 Å². The van der Waals surface area contributed by atoms with E-state index >= 15 is 0 Å². The SMILES string of the molecule is CCCNC(=O)NC1CCCO1. The molecule has 0 aromatic rings. The van der Waals surface area contributed by atoms with Crippen molar-refractivity contribution in [2.75, 3.05) is 13.2 Å². The number of urea groups is 1. The molecular weight excluding hydrogens is 156 g/mol. The topological polar surface area (TPSA) is 50.4 Å². The van der Waals surface area contributed by atoms with E-state index in [1.54, 1.807) is 0 Å². The first-order valence-corrected chi connectivity index (χ1v) is 4.49. The fourth-order valence-electron chi connectivity index (χ4n) is 1.13. The van der Waals surface area contributed by atoms with Crippen molar-refractivity contribution in [2.24, 2.45) is 0 Å². The van der Waals surface area contributed by atoms with E-state index in [4.69, 9.17) is 4.74 Å². The summed E-state index contributed by atoms with van der Waals surface area (Å²) in [5.41, 5.74) is 0. The predicted octanol–water partition coefficient (Wildman–Crippen LogP) is 0.832. The average molecular weight is 172 g/mol. The van der Waals surface area contributed by atoms with Crippen LogP contribution in [0, 0.1) is 0 Å². The second-order valence-corrected chi connectivity index (χ2v) is 2.90. The first-order chi connectivity index (χ1) is 5.83. The average Bonchev–Trinajstić information content (AvgIpc) is 2.53. The van der Waals surface area contributed by atoms with Gasteiger partial charge in [0.05, 0.1) is 0 Å². The maximum atomic E-state index is 11.1. The molecule has 1 aliphatic rings. The number of hydrogen-bond donors (Lipinski definition) is 2. The summed E-state index contributed by atoms with van der Waals surface area (Å²) in [7, 11) is 0. The zero-order valence-corrected chi connectivity index (χ0v) is 7.43. The van der Waals surface area contributed by atoms with Gasteiger partial charge in [-0.05, 0) is 19.3 Å². The Bertz CT molecular complexity index is 144. The highest BCUT2D eigenvalue weighted by Gasteiger charge is 2.16. The Kier molecular flexibility index (Phi) is 3.87. The van der Waals surface area contributed by atoms with Gasteiger partial charge >= 0.3 is 6.03 Å². The smallest absolute Gasteiger partial charge is 0.316 e. The Labute approximate surface area is 72.7 Å². The lowest BCUT2D eigenvalue weighted by atomic mass is 10.3. The lowest BCUT2D eigenvalue weighted by Crippen LogP contribution is -2.41. The van der Waals surface area contributed by atoms with Crippen LogP contribution in [-0.2, 0) is 4.74 Å². The molecule has 0 bridgehead atoms. The Morgan fingerprint density at radius 2 is 2.50 bits per heavy atom. The molecule has 2 N–H and O–H groups in total. The highest BCUT2D eigenvalue weighted by atomic mass is 16.5. The fourth-order valence-corrected chi connectivity index (χ4v) is 1.13. The van der Waals surface area contributed by atoms with Crippen LogP contribution in [0.2, 0.25) is 0 Å². The molecule has 70 valence electrons. The minimum Gasteiger partial charge on any atom is -0.358 e. The van der Waals surface area contributed by atoms with E-state index in [-0.39, 0.29) is 12.3 Å². The van der Waals surface area contributed by atoms with E-state index < -0.39 is 0 Å². The summed E-state index contributed by atoms with van der Waals surface area (Å²) in [5, 5.41) is 5.47. The normalized spacial score (nSPS) is 22.2. The summed E-state index contributed by atoms with van der Waals surface area (Å²) < 4.78 is 5.23. The highest BCUT2D eigenvalue weighted by molar-refractivity contribution is 5.73. The van der Waals surface area contributed by atoms with Gasteiger partial charge in [0.25, 0.3) is 0 Å². The van der Waals surface area contributed by atoms with E-state index in [9.17, 15) is 4.79 Å². The minimum absolute atomic E-state index is 0.0677. The van der Waals surface area contributed by atoms with E-state index in [1.807, 2.05) is 6.92 Å². The molecule has 1 fully saturated rings. The molecule has 0 spiro atoms. The second-order valence-electron chi connectivity index (χ2n) is 2.90. The first kappa shape index (κ1) is 9.32. The van der Waals surface area contributed by atoms with Gasteiger partial charge in [0, 0.05) is 13.2 Å². The van der Waals surface area contributed by atoms with Crippen LogP contribution in [0.25, 0.3) is 0 Å².